The van der Waals surface area contributed by atoms with Gasteiger partial charge in [-0.1, -0.05) is 54.6 Å². The van der Waals surface area contributed by atoms with Crippen molar-refractivity contribution in [1.29, 1.82) is 0 Å². The summed E-state index contributed by atoms with van der Waals surface area (Å²) in [6, 6.07) is 21.2. The number of fused-ring (bicyclic) bond motifs is 2. The van der Waals surface area contributed by atoms with Crippen molar-refractivity contribution in [2.75, 3.05) is 5.32 Å². The minimum Gasteiger partial charge on any atom is -0.452 e. The molecule has 0 aliphatic rings. The average molecular weight is 372 g/mol. The zero-order valence-corrected chi connectivity index (χ0v) is 15.4. The summed E-state index contributed by atoms with van der Waals surface area (Å²) in [5, 5.41) is 5.81. The predicted octanol–water partition coefficient (Wildman–Crippen LogP) is 4.43. The maximum Gasteiger partial charge on any atom is 0.311 e. The summed E-state index contributed by atoms with van der Waals surface area (Å²) in [4.78, 5) is 28.0. The molecule has 3 aromatic carbocycles. The lowest BCUT2D eigenvalue weighted by molar-refractivity contribution is -0.152. The molecule has 5 nitrogen and oxygen atoms in total. The molecule has 0 saturated heterocycles. The van der Waals surface area contributed by atoms with E-state index in [9.17, 15) is 9.59 Å². The van der Waals surface area contributed by atoms with E-state index in [1.54, 1.807) is 13.1 Å². The third-order valence-corrected chi connectivity index (χ3v) is 4.73. The summed E-state index contributed by atoms with van der Waals surface area (Å²) >= 11 is 0. The number of aromatic nitrogens is 1. The number of hydrogen-bond donors (Lipinski definition) is 2. The maximum atomic E-state index is 12.5. The summed E-state index contributed by atoms with van der Waals surface area (Å²) in [6.07, 6.45) is 1.01. The second kappa shape index (κ2) is 7.56. The molecule has 140 valence electrons. The number of para-hydroxylation sites is 1. The number of carbonyl (C=O) groups excluding carboxylic acids is 2. The van der Waals surface area contributed by atoms with Gasteiger partial charge >= 0.3 is 5.97 Å². The first-order valence-corrected chi connectivity index (χ1v) is 9.15. The molecule has 1 aromatic heterocycles. The summed E-state index contributed by atoms with van der Waals surface area (Å²) in [5.41, 5.74) is 2.51. The lowest BCUT2D eigenvalue weighted by Crippen LogP contribution is -2.30. The molecule has 2 N–H and O–H groups in total. The van der Waals surface area contributed by atoms with Gasteiger partial charge in [-0.3, -0.25) is 9.59 Å². The van der Waals surface area contributed by atoms with Crippen LogP contribution in [0.15, 0.2) is 72.9 Å². The summed E-state index contributed by atoms with van der Waals surface area (Å²) in [7, 11) is 0. The Balaban J connectivity index is 1.42. The van der Waals surface area contributed by atoms with Gasteiger partial charge in [0.1, 0.15) is 0 Å². The number of hydrogen-bond acceptors (Lipinski definition) is 3. The number of H-pyrrole nitrogens is 1. The van der Waals surface area contributed by atoms with Gasteiger partial charge in [0.25, 0.3) is 5.91 Å². The van der Waals surface area contributed by atoms with Crippen LogP contribution in [-0.4, -0.2) is 23.0 Å². The largest absolute Gasteiger partial charge is 0.452 e. The number of rotatable bonds is 5. The van der Waals surface area contributed by atoms with Gasteiger partial charge < -0.3 is 15.0 Å². The molecule has 0 aliphatic heterocycles. The molecule has 0 spiro atoms. The molecule has 28 heavy (non-hydrogen) atoms. The van der Waals surface area contributed by atoms with E-state index in [0.29, 0.717) is 5.69 Å². The van der Waals surface area contributed by atoms with Gasteiger partial charge in [-0.15, -0.1) is 0 Å². The van der Waals surface area contributed by atoms with Gasteiger partial charge in [0.05, 0.1) is 6.42 Å². The van der Waals surface area contributed by atoms with Crippen molar-refractivity contribution in [3.8, 4) is 0 Å². The number of aromatic amines is 1. The van der Waals surface area contributed by atoms with Gasteiger partial charge in [-0.2, -0.15) is 0 Å². The quantitative estimate of drug-likeness (QED) is 0.509. The van der Waals surface area contributed by atoms with Crippen LogP contribution in [0, 0.1) is 0 Å². The average Bonchev–Trinajstić information content (AvgIpc) is 3.11. The van der Waals surface area contributed by atoms with E-state index < -0.39 is 12.1 Å². The third-order valence-electron chi connectivity index (χ3n) is 4.73. The van der Waals surface area contributed by atoms with Crippen LogP contribution in [0.2, 0.25) is 0 Å². The summed E-state index contributed by atoms with van der Waals surface area (Å²) in [6.45, 7) is 1.58. The molecular weight excluding hydrogens is 352 g/mol. The zero-order chi connectivity index (χ0) is 19.5. The minimum absolute atomic E-state index is 0.107. The highest BCUT2D eigenvalue weighted by Gasteiger charge is 2.19. The van der Waals surface area contributed by atoms with Crippen molar-refractivity contribution >= 4 is 39.2 Å². The molecule has 4 rings (SSSR count). The van der Waals surface area contributed by atoms with E-state index in [4.69, 9.17) is 4.74 Å². The lowest BCUT2D eigenvalue weighted by Gasteiger charge is -2.14. The first-order valence-electron chi connectivity index (χ1n) is 9.15. The molecule has 5 heteroatoms. The Morgan fingerprint density at radius 2 is 1.68 bits per heavy atom. The van der Waals surface area contributed by atoms with Crippen LogP contribution in [0.3, 0.4) is 0 Å². The van der Waals surface area contributed by atoms with Crippen molar-refractivity contribution in [1.82, 2.24) is 4.98 Å². The number of nitrogens with one attached hydrogen (secondary N) is 2. The standard InChI is InChI=1S/C23H20N2O3/c1-15(23(27)25-21-12-6-8-16-7-2-3-9-18(16)21)28-22(26)13-17-14-24-20-11-5-4-10-19(17)20/h2-12,14-15,24H,13H2,1H3,(H,25,27). The maximum absolute atomic E-state index is 12.5. The minimum atomic E-state index is -0.892. The van der Waals surface area contributed by atoms with Crippen LogP contribution in [0.5, 0.6) is 0 Å². The molecule has 0 radical (unpaired) electrons. The number of ether oxygens (including phenoxy) is 1. The highest BCUT2D eigenvalue weighted by molar-refractivity contribution is 6.03. The highest BCUT2D eigenvalue weighted by Crippen LogP contribution is 2.23. The fourth-order valence-corrected chi connectivity index (χ4v) is 3.29. The van der Waals surface area contributed by atoms with Crippen LogP contribution >= 0.6 is 0 Å². The van der Waals surface area contributed by atoms with Crippen LogP contribution in [-0.2, 0) is 20.7 Å². The monoisotopic (exact) mass is 372 g/mol. The molecule has 4 aromatic rings. The van der Waals surface area contributed by atoms with Crippen molar-refractivity contribution in [2.45, 2.75) is 19.4 Å². The second-order valence-electron chi connectivity index (χ2n) is 6.68. The topological polar surface area (TPSA) is 71.2 Å². The number of anilines is 1. The van der Waals surface area contributed by atoms with E-state index in [0.717, 1.165) is 27.2 Å². The predicted molar refractivity (Wildman–Crippen MR) is 110 cm³/mol. The zero-order valence-electron chi connectivity index (χ0n) is 15.4. The van der Waals surface area contributed by atoms with Crippen molar-refractivity contribution in [3.05, 3.63) is 78.5 Å². The van der Waals surface area contributed by atoms with E-state index in [-0.39, 0.29) is 12.3 Å². The summed E-state index contributed by atoms with van der Waals surface area (Å²) < 4.78 is 5.35. The van der Waals surface area contributed by atoms with Crippen LogP contribution in [0.4, 0.5) is 5.69 Å². The number of carbonyl (C=O) groups is 2. The van der Waals surface area contributed by atoms with Crippen LogP contribution < -0.4 is 5.32 Å². The molecule has 1 heterocycles. The molecule has 1 amide bonds. The van der Waals surface area contributed by atoms with Gasteiger partial charge in [0.2, 0.25) is 0 Å². The Hall–Kier alpha value is -3.60. The fourth-order valence-electron chi connectivity index (χ4n) is 3.29. The molecule has 0 aliphatic carbocycles. The Labute approximate surface area is 162 Å². The van der Waals surface area contributed by atoms with Crippen LogP contribution in [0.1, 0.15) is 12.5 Å². The summed E-state index contributed by atoms with van der Waals surface area (Å²) in [5.74, 6) is -0.797. The van der Waals surface area contributed by atoms with E-state index in [1.807, 2.05) is 66.7 Å². The first-order chi connectivity index (χ1) is 13.6. The van der Waals surface area contributed by atoms with E-state index >= 15 is 0 Å². The molecule has 1 unspecified atom stereocenters. The first kappa shape index (κ1) is 17.8. The molecule has 0 saturated carbocycles. The number of amides is 1. The lowest BCUT2D eigenvalue weighted by atomic mass is 10.1. The Kier molecular flexibility index (Phi) is 4.81. The van der Waals surface area contributed by atoms with Crippen LogP contribution in [0.25, 0.3) is 21.7 Å². The van der Waals surface area contributed by atoms with E-state index in [1.165, 1.54) is 0 Å². The van der Waals surface area contributed by atoms with Gasteiger partial charge in [0.15, 0.2) is 6.10 Å². The Morgan fingerprint density at radius 3 is 2.54 bits per heavy atom. The third kappa shape index (κ3) is 3.60. The fraction of sp³-hybridized carbons (Fsp3) is 0.130. The second-order valence-corrected chi connectivity index (χ2v) is 6.68. The molecule has 1 atom stereocenters. The SMILES string of the molecule is CC(OC(=O)Cc1c[nH]c2ccccc12)C(=O)Nc1cccc2ccccc12. The van der Waals surface area contributed by atoms with Gasteiger partial charge in [0, 0.05) is 28.2 Å². The Bertz CT molecular complexity index is 1160. The smallest absolute Gasteiger partial charge is 0.311 e. The highest BCUT2D eigenvalue weighted by atomic mass is 16.5. The van der Waals surface area contributed by atoms with Crippen molar-refractivity contribution in [2.24, 2.45) is 0 Å². The van der Waals surface area contributed by atoms with Gasteiger partial charge in [-0.05, 0) is 30.0 Å². The normalized spacial score (nSPS) is 12.0. The van der Waals surface area contributed by atoms with Crippen molar-refractivity contribution < 1.29 is 14.3 Å². The molecule has 0 bridgehead atoms. The van der Waals surface area contributed by atoms with Crippen molar-refractivity contribution in [3.63, 3.8) is 0 Å². The number of esters is 1. The molecular formula is C23H20N2O3. The Morgan fingerprint density at radius 1 is 0.964 bits per heavy atom. The number of benzene rings is 3. The molecule has 0 fully saturated rings. The van der Waals surface area contributed by atoms with E-state index in [2.05, 4.69) is 10.3 Å². The van der Waals surface area contributed by atoms with Gasteiger partial charge in [-0.25, -0.2) is 0 Å².